The van der Waals surface area contributed by atoms with Crippen molar-refractivity contribution < 1.29 is 19.4 Å². The molecule has 2 aromatic rings. The number of hydrogen-bond donors (Lipinski definition) is 2. The molecule has 0 aromatic heterocycles. The van der Waals surface area contributed by atoms with Crippen LogP contribution in [0.4, 0.5) is 5.69 Å². The molecule has 24 heavy (non-hydrogen) atoms. The minimum Gasteiger partial charge on any atom is -0.494 e. The van der Waals surface area contributed by atoms with E-state index in [4.69, 9.17) is 9.84 Å². The Morgan fingerprint density at radius 2 is 1.83 bits per heavy atom. The number of aryl methyl sites for hydroxylation is 1. The molecule has 5 nitrogen and oxygen atoms in total. The number of carboxylic acid groups (broad SMARTS) is 1. The van der Waals surface area contributed by atoms with E-state index in [1.165, 1.54) is 0 Å². The Bertz CT molecular complexity index is 695. The maximum atomic E-state index is 12.1. The lowest BCUT2D eigenvalue weighted by atomic mass is 10.1. The van der Waals surface area contributed by atoms with Crippen molar-refractivity contribution in [3.63, 3.8) is 0 Å². The van der Waals surface area contributed by atoms with Crippen LogP contribution in [0.1, 0.15) is 24.5 Å². The van der Waals surface area contributed by atoms with Crippen LogP contribution in [0.15, 0.2) is 48.5 Å². The number of nitrogens with one attached hydrogen (secondary N) is 1. The molecule has 0 aliphatic rings. The van der Waals surface area contributed by atoms with E-state index < -0.39 is 5.97 Å². The van der Waals surface area contributed by atoms with Gasteiger partial charge in [-0.25, -0.2) is 0 Å². The predicted molar refractivity (Wildman–Crippen MR) is 92.3 cm³/mol. The lowest BCUT2D eigenvalue weighted by molar-refractivity contribution is -0.137. The van der Waals surface area contributed by atoms with Gasteiger partial charge in [-0.15, -0.1) is 0 Å². The van der Waals surface area contributed by atoms with Crippen LogP contribution in [0.25, 0.3) is 0 Å². The maximum Gasteiger partial charge on any atom is 0.303 e. The number of hydrogen-bond acceptors (Lipinski definition) is 3. The summed E-state index contributed by atoms with van der Waals surface area (Å²) in [6.07, 6.45) is 0.785. The summed E-state index contributed by atoms with van der Waals surface area (Å²) >= 11 is 0. The average molecular weight is 327 g/mol. The highest BCUT2D eigenvalue weighted by Crippen LogP contribution is 2.15. The standard InChI is InChI=1S/C19H21NO4/c1-2-24-17-9-6-15(7-10-17)13-18(21)20-16-5-3-4-14(12-16)8-11-19(22)23/h3-7,9-10,12H,2,8,11,13H2,1H3,(H,20,21)(H,22,23). The number of amides is 1. The van der Waals surface area contributed by atoms with Crippen molar-refractivity contribution in [3.8, 4) is 5.75 Å². The zero-order valence-electron chi connectivity index (χ0n) is 13.6. The number of anilines is 1. The molecule has 0 bridgehead atoms. The van der Waals surface area contributed by atoms with E-state index in [0.29, 0.717) is 18.7 Å². The van der Waals surface area contributed by atoms with Gasteiger partial charge in [0.05, 0.1) is 13.0 Å². The lowest BCUT2D eigenvalue weighted by Crippen LogP contribution is -2.14. The summed E-state index contributed by atoms with van der Waals surface area (Å²) in [4.78, 5) is 22.8. The number of carbonyl (C=O) groups excluding carboxylic acids is 1. The topological polar surface area (TPSA) is 75.6 Å². The van der Waals surface area contributed by atoms with Crippen LogP contribution in [0.2, 0.25) is 0 Å². The lowest BCUT2D eigenvalue weighted by Gasteiger charge is -2.08. The van der Waals surface area contributed by atoms with Crippen molar-refractivity contribution in [1.82, 2.24) is 0 Å². The van der Waals surface area contributed by atoms with Gasteiger partial charge < -0.3 is 15.2 Å². The molecular formula is C19H21NO4. The molecule has 0 spiro atoms. The van der Waals surface area contributed by atoms with Crippen molar-refractivity contribution in [3.05, 3.63) is 59.7 Å². The molecule has 2 N–H and O–H groups in total. The third kappa shape index (κ3) is 5.76. The van der Waals surface area contributed by atoms with Crippen LogP contribution in [0.3, 0.4) is 0 Å². The number of aliphatic carboxylic acids is 1. The summed E-state index contributed by atoms with van der Waals surface area (Å²) < 4.78 is 5.37. The zero-order valence-corrected chi connectivity index (χ0v) is 13.6. The highest BCUT2D eigenvalue weighted by Gasteiger charge is 2.06. The normalized spacial score (nSPS) is 10.2. The number of benzene rings is 2. The molecule has 0 aliphatic heterocycles. The summed E-state index contributed by atoms with van der Waals surface area (Å²) in [5.74, 6) is -0.165. The highest BCUT2D eigenvalue weighted by atomic mass is 16.5. The van der Waals surface area contributed by atoms with Crippen LogP contribution in [0.5, 0.6) is 5.75 Å². The summed E-state index contributed by atoms with van der Waals surface area (Å²) in [6.45, 7) is 2.53. The van der Waals surface area contributed by atoms with Gasteiger partial charge in [0.1, 0.15) is 5.75 Å². The molecule has 5 heteroatoms. The van der Waals surface area contributed by atoms with Crippen LogP contribution in [-0.4, -0.2) is 23.6 Å². The molecule has 0 atom stereocenters. The Labute approximate surface area is 141 Å². The Morgan fingerprint density at radius 1 is 1.08 bits per heavy atom. The zero-order chi connectivity index (χ0) is 17.4. The van der Waals surface area contributed by atoms with Gasteiger partial charge >= 0.3 is 5.97 Å². The first kappa shape index (κ1) is 17.5. The van der Waals surface area contributed by atoms with E-state index in [2.05, 4.69) is 5.32 Å². The van der Waals surface area contributed by atoms with Crippen molar-refractivity contribution in [2.45, 2.75) is 26.2 Å². The first-order valence-electron chi connectivity index (χ1n) is 7.89. The van der Waals surface area contributed by atoms with Gasteiger partial charge in [-0.1, -0.05) is 24.3 Å². The average Bonchev–Trinajstić information content (AvgIpc) is 2.55. The highest BCUT2D eigenvalue weighted by molar-refractivity contribution is 5.92. The van der Waals surface area contributed by atoms with Gasteiger partial charge in [0.2, 0.25) is 5.91 Å². The van der Waals surface area contributed by atoms with Crippen LogP contribution in [0, 0.1) is 0 Å². The Kier molecular flexibility index (Phi) is 6.37. The van der Waals surface area contributed by atoms with Crippen molar-refractivity contribution in [2.24, 2.45) is 0 Å². The molecule has 1 amide bonds. The Morgan fingerprint density at radius 3 is 2.50 bits per heavy atom. The molecule has 2 aromatic carbocycles. The van der Waals surface area contributed by atoms with E-state index >= 15 is 0 Å². The third-order valence-corrected chi connectivity index (χ3v) is 3.44. The quantitative estimate of drug-likeness (QED) is 0.780. The molecule has 0 fully saturated rings. The second-order valence-electron chi connectivity index (χ2n) is 5.40. The monoisotopic (exact) mass is 327 g/mol. The van der Waals surface area contributed by atoms with E-state index in [0.717, 1.165) is 16.9 Å². The second kappa shape index (κ2) is 8.72. The van der Waals surface area contributed by atoms with Gasteiger partial charge in [-0.2, -0.15) is 0 Å². The molecule has 0 unspecified atom stereocenters. The van der Waals surface area contributed by atoms with Gasteiger partial charge in [-0.3, -0.25) is 9.59 Å². The Hall–Kier alpha value is -2.82. The van der Waals surface area contributed by atoms with E-state index in [9.17, 15) is 9.59 Å². The molecule has 2 rings (SSSR count). The molecule has 126 valence electrons. The van der Waals surface area contributed by atoms with Crippen LogP contribution in [-0.2, 0) is 22.4 Å². The maximum absolute atomic E-state index is 12.1. The fourth-order valence-electron chi connectivity index (χ4n) is 2.32. The SMILES string of the molecule is CCOc1ccc(CC(=O)Nc2cccc(CCC(=O)O)c2)cc1. The first-order valence-corrected chi connectivity index (χ1v) is 7.89. The van der Waals surface area contributed by atoms with Crippen molar-refractivity contribution >= 4 is 17.6 Å². The van der Waals surface area contributed by atoms with E-state index in [1.807, 2.05) is 43.3 Å². The smallest absolute Gasteiger partial charge is 0.303 e. The predicted octanol–water partition coefficient (Wildman–Crippen LogP) is 3.28. The molecule has 0 radical (unpaired) electrons. The summed E-state index contributed by atoms with van der Waals surface area (Å²) in [5.41, 5.74) is 2.46. The number of rotatable bonds is 8. The van der Waals surface area contributed by atoms with E-state index in [-0.39, 0.29) is 18.7 Å². The number of carboxylic acids is 1. The molecular weight excluding hydrogens is 306 g/mol. The summed E-state index contributed by atoms with van der Waals surface area (Å²) in [7, 11) is 0. The van der Waals surface area contributed by atoms with Gasteiger partial charge in [0.15, 0.2) is 0 Å². The number of carbonyl (C=O) groups is 2. The second-order valence-corrected chi connectivity index (χ2v) is 5.40. The third-order valence-electron chi connectivity index (χ3n) is 3.44. The molecule has 0 saturated carbocycles. The van der Waals surface area contributed by atoms with Crippen molar-refractivity contribution in [2.75, 3.05) is 11.9 Å². The minimum absolute atomic E-state index is 0.0730. The fraction of sp³-hybridized carbons (Fsp3) is 0.263. The number of ether oxygens (including phenoxy) is 1. The van der Waals surface area contributed by atoms with Gasteiger partial charge in [0, 0.05) is 12.1 Å². The molecule has 0 aliphatic carbocycles. The van der Waals surface area contributed by atoms with Gasteiger partial charge in [0.25, 0.3) is 0 Å². The van der Waals surface area contributed by atoms with Crippen LogP contribution < -0.4 is 10.1 Å². The molecule has 0 heterocycles. The van der Waals surface area contributed by atoms with Crippen molar-refractivity contribution in [1.29, 1.82) is 0 Å². The summed E-state index contributed by atoms with van der Waals surface area (Å²) in [6, 6.07) is 14.7. The largest absolute Gasteiger partial charge is 0.494 e. The Balaban J connectivity index is 1.91. The van der Waals surface area contributed by atoms with E-state index in [1.54, 1.807) is 12.1 Å². The van der Waals surface area contributed by atoms with Gasteiger partial charge in [-0.05, 0) is 48.7 Å². The molecule has 0 saturated heterocycles. The first-order chi connectivity index (χ1) is 11.6. The fourth-order valence-corrected chi connectivity index (χ4v) is 2.32. The minimum atomic E-state index is -0.833. The summed E-state index contributed by atoms with van der Waals surface area (Å²) in [5, 5.41) is 11.6. The van der Waals surface area contributed by atoms with Crippen LogP contribution >= 0.6 is 0 Å².